The average molecular weight is 207 g/mol. The fourth-order valence-corrected chi connectivity index (χ4v) is 1.93. The third-order valence-corrected chi connectivity index (χ3v) is 2.96. The molecule has 1 atom stereocenters. The summed E-state index contributed by atoms with van der Waals surface area (Å²) < 4.78 is 0. The molecule has 0 aliphatic carbocycles. The Bertz CT molecular complexity index is 104. The van der Waals surface area contributed by atoms with Crippen LogP contribution in [0.5, 0.6) is 0 Å². The van der Waals surface area contributed by atoms with Gasteiger partial charge in [-0.1, -0.05) is 12.8 Å². The summed E-state index contributed by atoms with van der Waals surface area (Å²) in [6.07, 6.45) is 4.18. The van der Waals surface area contributed by atoms with E-state index in [1.54, 1.807) is 11.8 Å². The molecule has 80 valence electrons. The van der Waals surface area contributed by atoms with Crippen molar-refractivity contribution in [2.45, 2.75) is 31.8 Å². The van der Waals surface area contributed by atoms with E-state index in [0.29, 0.717) is 5.75 Å². The molecule has 4 N–H and O–H groups in total. The van der Waals surface area contributed by atoms with Crippen molar-refractivity contribution in [2.75, 3.05) is 24.7 Å². The molecule has 0 aromatic carbocycles. The second kappa shape index (κ2) is 10.3. The SMILES string of the molecule is NCCCCCCSCC(O)CO. The smallest absolute Gasteiger partial charge is 0.0861 e. The quantitative estimate of drug-likeness (QED) is 0.484. The molecule has 0 heterocycles. The number of hydrogen-bond donors (Lipinski definition) is 3. The van der Waals surface area contributed by atoms with Crippen LogP contribution < -0.4 is 5.73 Å². The Morgan fingerprint density at radius 1 is 1.15 bits per heavy atom. The monoisotopic (exact) mass is 207 g/mol. The van der Waals surface area contributed by atoms with Crippen LogP contribution in [0.1, 0.15) is 25.7 Å². The Morgan fingerprint density at radius 3 is 2.46 bits per heavy atom. The zero-order valence-corrected chi connectivity index (χ0v) is 8.93. The average Bonchev–Trinajstić information content (AvgIpc) is 2.16. The Balaban J connectivity index is 2.91. The highest BCUT2D eigenvalue weighted by molar-refractivity contribution is 7.99. The predicted octanol–water partition coefficient (Wildman–Crippen LogP) is 0.592. The Kier molecular flexibility index (Phi) is 10.5. The number of nitrogens with two attached hydrogens (primary N) is 1. The highest BCUT2D eigenvalue weighted by atomic mass is 32.2. The van der Waals surface area contributed by atoms with Gasteiger partial charge in [-0.2, -0.15) is 11.8 Å². The van der Waals surface area contributed by atoms with Crippen LogP contribution in [-0.4, -0.2) is 41.0 Å². The molecule has 0 bridgehead atoms. The van der Waals surface area contributed by atoms with Gasteiger partial charge < -0.3 is 15.9 Å². The summed E-state index contributed by atoms with van der Waals surface area (Å²) >= 11 is 1.70. The fourth-order valence-electron chi connectivity index (χ4n) is 0.974. The van der Waals surface area contributed by atoms with Crippen molar-refractivity contribution in [2.24, 2.45) is 5.73 Å². The molecule has 0 spiro atoms. The summed E-state index contributed by atoms with van der Waals surface area (Å²) in [6.45, 7) is 0.663. The van der Waals surface area contributed by atoms with E-state index < -0.39 is 6.10 Å². The van der Waals surface area contributed by atoms with Crippen molar-refractivity contribution in [1.29, 1.82) is 0 Å². The van der Waals surface area contributed by atoms with Gasteiger partial charge in [0, 0.05) is 5.75 Å². The lowest BCUT2D eigenvalue weighted by atomic mass is 10.2. The minimum absolute atomic E-state index is 0.125. The third kappa shape index (κ3) is 10.1. The lowest BCUT2D eigenvalue weighted by molar-refractivity contribution is 0.113. The van der Waals surface area contributed by atoms with Crippen LogP contribution >= 0.6 is 11.8 Å². The zero-order chi connectivity index (χ0) is 9.94. The highest BCUT2D eigenvalue weighted by Crippen LogP contribution is 2.08. The minimum Gasteiger partial charge on any atom is -0.394 e. The summed E-state index contributed by atoms with van der Waals surface area (Å²) in [4.78, 5) is 0. The normalized spacial score (nSPS) is 13.2. The third-order valence-electron chi connectivity index (χ3n) is 1.76. The maximum Gasteiger partial charge on any atom is 0.0861 e. The van der Waals surface area contributed by atoms with Crippen molar-refractivity contribution in [3.05, 3.63) is 0 Å². The second-order valence-electron chi connectivity index (χ2n) is 3.11. The standard InChI is InChI=1S/C9H21NO2S/c10-5-3-1-2-4-6-13-8-9(12)7-11/h9,11-12H,1-8,10H2. The molecule has 0 fully saturated rings. The molecular formula is C9H21NO2S. The largest absolute Gasteiger partial charge is 0.394 e. The maximum atomic E-state index is 9.01. The van der Waals surface area contributed by atoms with E-state index in [9.17, 15) is 0 Å². The molecule has 0 saturated carbocycles. The molecule has 4 heteroatoms. The summed E-state index contributed by atoms with van der Waals surface area (Å²) in [5, 5.41) is 17.5. The first-order valence-electron chi connectivity index (χ1n) is 4.88. The van der Waals surface area contributed by atoms with Gasteiger partial charge in [-0.25, -0.2) is 0 Å². The van der Waals surface area contributed by atoms with E-state index in [4.69, 9.17) is 15.9 Å². The van der Waals surface area contributed by atoms with Crippen LogP contribution in [0.4, 0.5) is 0 Å². The number of hydrogen-bond acceptors (Lipinski definition) is 4. The number of aliphatic hydroxyl groups is 2. The number of rotatable bonds is 9. The number of thioether (sulfide) groups is 1. The van der Waals surface area contributed by atoms with E-state index in [2.05, 4.69) is 0 Å². The zero-order valence-electron chi connectivity index (χ0n) is 8.11. The maximum absolute atomic E-state index is 9.01. The fraction of sp³-hybridized carbons (Fsp3) is 1.00. The van der Waals surface area contributed by atoms with E-state index in [0.717, 1.165) is 18.7 Å². The van der Waals surface area contributed by atoms with Gasteiger partial charge in [-0.3, -0.25) is 0 Å². The molecule has 3 nitrogen and oxygen atoms in total. The van der Waals surface area contributed by atoms with Crippen molar-refractivity contribution in [3.8, 4) is 0 Å². The molecular weight excluding hydrogens is 186 g/mol. The molecule has 0 aromatic heterocycles. The summed E-state index contributed by atoms with van der Waals surface area (Å²) in [7, 11) is 0. The Morgan fingerprint density at radius 2 is 1.85 bits per heavy atom. The van der Waals surface area contributed by atoms with Crippen molar-refractivity contribution in [1.82, 2.24) is 0 Å². The van der Waals surface area contributed by atoms with Gasteiger partial charge in [0.25, 0.3) is 0 Å². The molecule has 13 heavy (non-hydrogen) atoms. The summed E-state index contributed by atoms with van der Waals surface area (Å²) in [5.74, 6) is 1.72. The molecule has 0 rings (SSSR count). The van der Waals surface area contributed by atoms with Crippen molar-refractivity contribution < 1.29 is 10.2 Å². The van der Waals surface area contributed by atoms with Crippen LogP contribution in [0.2, 0.25) is 0 Å². The van der Waals surface area contributed by atoms with Crippen molar-refractivity contribution in [3.63, 3.8) is 0 Å². The van der Waals surface area contributed by atoms with Crippen LogP contribution in [0.15, 0.2) is 0 Å². The van der Waals surface area contributed by atoms with E-state index in [1.807, 2.05) is 0 Å². The molecule has 0 saturated heterocycles. The van der Waals surface area contributed by atoms with Crippen LogP contribution in [-0.2, 0) is 0 Å². The Hall–Kier alpha value is 0.230. The summed E-state index contributed by atoms with van der Waals surface area (Å²) in [5.41, 5.74) is 5.36. The molecule has 0 aliphatic heterocycles. The van der Waals surface area contributed by atoms with Gasteiger partial charge in [0.2, 0.25) is 0 Å². The van der Waals surface area contributed by atoms with Crippen molar-refractivity contribution >= 4 is 11.8 Å². The molecule has 0 radical (unpaired) electrons. The number of unbranched alkanes of at least 4 members (excludes halogenated alkanes) is 3. The number of aliphatic hydroxyl groups excluding tert-OH is 2. The van der Waals surface area contributed by atoms with E-state index in [-0.39, 0.29) is 6.61 Å². The van der Waals surface area contributed by atoms with Gasteiger partial charge in [0.05, 0.1) is 12.7 Å². The highest BCUT2D eigenvalue weighted by Gasteiger charge is 2.00. The topological polar surface area (TPSA) is 66.5 Å². The second-order valence-corrected chi connectivity index (χ2v) is 4.26. The van der Waals surface area contributed by atoms with Gasteiger partial charge in [0.1, 0.15) is 0 Å². The van der Waals surface area contributed by atoms with Crippen LogP contribution in [0.25, 0.3) is 0 Å². The summed E-state index contributed by atoms with van der Waals surface area (Å²) in [6, 6.07) is 0. The predicted molar refractivity (Wildman–Crippen MR) is 57.9 cm³/mol. The lowest BCUT2D eigenvalue weighted by Gasteiger charge is -2.05. The van der Waals surface area contributed by atoms with Crippen LogP contribution in [0, 0.1) is 0 Å². The Labute approximate surface area is 84.7 Å². The van der Waals surface area contributed by atoms with E-state index >= 15 is 0 Å². The molecule has 0 aliphatic rings. The molecule has 1 unspecified atom stereocenters. The minimum atomic E-state index is -0.547. The van der Waals surface area contributed by atoms with Gasteiger partial charge in [-0.15, -0.1) is 0 Å². The van der Waals surface area contributed by atoms with Gasteiger partial charge >= 0.3 is 0 Å². The molecule has 0 amide bonds. The first-order chi connectivity index (χ1) is 6.31. The van der Waals surface area contributed by atoms with Gasteiger partial charge in [0.15, 0.2) is 0 Å². The lowest BCUT2D eigenvalue weighted by Crippen LogP contribution is -2.14. The molecule has 0 aromatic rings. The van der Waals surface area contributed by atoms with Gasteiger partial charge in [-0.05, 0) is 25.1 Å². The first-order valence-corrected chi connectivity index (χ1v) is 6.03. The first kappa shape index (κ1) is 13.2. The van der Waals surface area contributed by atoms with E-state index in [1.165, 1.54) is 19.3 Å². The van der Waals surface area contributed by atoms with Crippen LogP contribution in [0.3, 0.4) is 0 Å².